The number of carbonyl (C=O) groups excluding carboxylic acids is 2. The molecule has 7 heteroatoms. The molecule has 0 aliphatic heterocycles. The average molecular weight is 463 g/mol. The van der Waals surface area contributed by atoms with Crippen LogP contribution in [0.15, 0.2) is 60.7 Å². The van der Waals surface area contributed by atoms with E-state index in [0.29, 0.717) is 25.7 Å². The number of ether oxygens (including phenoxy) is 3. The fraction of sp³-hybridized carbons (Fsp3) is 0.417. The zero-order valence-electron chi connectivity index (χ0n) is 17.5. The quantitative estimate of drug-likeness (QED) is 0.235. The number of thiol groups is 2. The molecule has 2 atom stereocenters. The summed E-state index contributed by atoms with van der Waals surface area (Å²) in [5.74, 6) is -0.547. The molecule has 168 valence electrons. The first kappa shape index (κ1) is 25.3. The van der Waals surface area contributed by atoms with Crippen LogP contribution in [0.1, 0.15) is 47.3 Å². The van der Waals surface area contributed by atoms with Crippen molar-refractivity contribution in [2.45, 2.75) is 36.2 Å². The fourth-order valence-corrected chi connectivity index (χ4v) is 3.47. The van der Waals surface area contributed by atoms with Crippen LogP contribution in [0.2, 0.25) is 0 Å². The van der Waals surface area contributed by atoms with E-state index in [4.69, 9.17) is 14.2 Å². The van der Waals surface area contributed by atoms with Gasteiger partial charge in [0.25, 0.3) is 0 Å². The lowest BCUT2D eigenvalue weighted by Gasteiger charge is -2.11. The maximum atomic E-state index is 11.8. The second kappa shape index (κ2) is 14.9. The Balaban J connectivity index is 1.44. The molecule has 5 nitrogen and oxygen atoms in total. The smallest absolute Gasteiger partial charge is 0.305 e. The number of esters is 2. The Labute approximate surface area is 195 Å². The van der Waals surface area contributed by atoms with Gasteiger partial charge in [0.1, 0.15) is 13.2 Å². The largest absolute Gasteiger partial charge is 0.463 e. The highest BCUT2D eigenvalue weighted by Crippen LogP contribution is 2.25. The first-order chi connectivity index (χ1) is 15.1. The number of hydrogen-bond donors (Lipinski definition) is 2. The van der Waals surface area contributed by atoms with E-state index in [0.717, 1.165) is 11.1 Å². The van der Waals surface area contributed by atoms with E-state index < -0.39 is 0 Å². The molecular weight excluding hydrogens is 432 g/mol. The standard InChI is InChI=1S/C24H30O5S2/c25-23(13-11-21(30)19-7-3-1-4-8-19)28-17-15-27-16-18-29-24(26)14-12-22(31)20-9-5-2-6-10-20/h1-10,21-22,30-31H,11-18H2. The predicted molar refractivity (Wildman–Crippen MR) is 128 cm³/mol. The minimum atomic E-state index is -0.273. The van der Waals surface area contributed by atoms with Crippen LogP contribution in [0.3, 0.4) is 0 Å². The molecule has 2 aromatic carbocycles. The van der Waals surface area contributed by atoms with Crippen molar-refractivity contribution in [3.8, 4) is 0 Å². The molecule has 0 saturated carbocycles. The normalized spacial score (nSPS) is 12.7. The Morgan fingerprint density at radius 3 is 1.42 bits per heavy atom. The van der Waals surface area contributed by atoms with Crippen molar-refractivity contribution in [1.29, 1.82) is 0 Å². The fourth-order valence-electron chi connectivity index (χ4n) is 2.87. The molecule has 0 aliphatic rings. The lowest BCUT2D eigenvalue weighted by molar-refractivity contribution is -0.146. The van der Waals surface area contributed by atoms with E-state index in [1.54, 1.807) is 0 Å². The summed E-state index contributed by atoms with van der Waals surface area (Å²) < 4.78 is 15.6. The molecule has 0 bridgehead atoms. The van der Waals surface area contributed by atoms with Gasteiger partial charge in [-0.3, -0.25) is 9.59 Å². The lowest BCUT2D eigenvalue weighted by atomic mass is 10.1. The van der Waals surface area contributed by atoms with Crippen molar-refractivity contribution in [2.24, 2.45) is 0 Å². The highest BCUT2D eigenvalue weighted by atomic mass is 32.1. The van der Waals surface area contributed by atoms with Crippen LogP contribution in [0.4, 0.5) is 0 Å². The SMILES string of the molecule is O=C(CCC(S)c1ccccc1)OCCOCCOC(=O)CCC(S)c1ccccc1. The van der Waals surface area contributed by atoms with Crippen LogP contribution in [0, 0.1) is 0 Å². The Morgan fingerprint density at radius 1 is 0.645 bits per heavy atom. The molecule has 0 radical (unpaired) electrons. The zero-order chi connectivity index (χ0) is 22.3. The minimum absolute atomic E-state index is 0.00482. The Hall–Kier alpha value is -1.96. The third-order valence-corrected chi connectivity index (χ3v) is 5.71. The molecule has 2 unspecified atom stereocenters. The molecule has 0 heterocycles. The second-order valence-corrected chi connectivity index (χ2v) is 8.23. The molecular formula is C24H30O5S2. The van der Waals surface area contributed by atoms with Crippen LogP contribution in [0.5, 0.6) is 0 Å². The Bertz CT molecular complexity index is 705. The van der Waals surface area contributed by atoms with Crippen molar-refractivity contribution in [3.63, 3.8) is 0 Å². The topological polar surface area (TPSA) is 61.8 Å². The van der Waals surface area contributed by atoms with Crippen molar-refractivity contribution in [1.82, 2.24) is 0 Å². The molecule has 0 saturated heterocycles. The summed E-state index contributed by atoms with van der Waals surface area (Å²) >= 11 is 9.05. The lowest BCUT2D eigenvalue weighted by Crippen LogP contribution is -2.15. The summed E-state index contributed by atoms with van der Waals surface area (Å²) in [4.78, 5) is 23.6. The van der Waals surface area contributed by atoms with E-state index in [2.05, 4.69) is 25.3 Å². The summed E-state index contributed by atoms with van der Waals surface area (Å²) in [6, 6.07) is 19.7. The van der Waals surface area contributed by atoms with E-state index in [9.17, 15) is 9.59 Å². The molecule has 0 aromatic heterocycles. The second-order valence-electron chi connectivity index (χ2n) is 6.98. The van der Waals surface area contributed by atoms with Gasteiger partial charge < -0.3 is 14.2 Å². The van der Waals surface area contributed by atoms with Gasteiger partial charge in [-0.1, -0.05) is 60.7 Å². The highest BCUT2D eigenvalue weighted by Gasteiger charge is 2.11. The van der Waals surface area contributed by atoms with Gasteiger partial charge in [-0.2, -0.15) is 25.3 Å². The predicted octanol–water partition coefficient (Wildman–Crippen LogP) is 4.99. The van der Waals surface area contributed by atoms with Crippen molar-refractivity contribution in [3.05, 3.63) is 71.8 Å². The number of carbonyl (C=O) groups is 2. The molecule has 2 rings (SSSR count). The van der Waals surface area contributed by atoms with Gasteiger partial charge in [0.2, 0.25) is 0 Å². The molecule has 2 aromatic rings. The minimum Gasteiger partial charge on any atom is -0.463 e. The van der Waals surface area contributed by atoms with Gasteiger partial charge in [0.05, 0.1) is 13.2 Å². The molecule has 0 N–H and O–H groups in total. The summed E-state index contributed by atoms with van der Waals surface area (Å²) in [6.07, 6.45) is 1.83. The molecule has 0 aliphatic carbocycles. The van der Waals surface area contributed by atoms with Gasteiger partial charge in [0, 0.05) is 23.3 Å². The third kappa shape index (κ3) is 10.8. The van der Waals surface area contributed by atoms with Crippen molar-refractivity contribution >= 4 is 37.2 Å². The van der Waals surface area contributed by atoms with Gasteiger partial charge in [0.15, 0.2) is 0 Å². The van der Waals surface area contributed by atoms with Gasteiger partial charge in [-0.25, -0.2) is 0 Å². The summed E-state index contributed by atoms with van der Waals surface area (Å²) in [6.45, 7) is 0.875. The first-order valence-electron chi connectivity index (χ1n) is 10.4. The van der Waals surface area contributed by atoms with Gasteiger partial charge in [-0.05, 0) is 24.0 Å². The summed E-state index contributed by atoms with van der Waals surface area (Å²) in [5, 5.41) is 0.00965. The molecule has 0 fully saturated rings. The molecule has 31 heavy (non-hydrogen) atoms. The Kier molecular flexibility index (Phi) is 12.2. The van der Waals surface area contributed by atoms with Crippen LogP contribution < -0.4 is 0 Å². The number of rotatable bonds is 14. The summed E-state index contributed by atoms with van der Waals surface area (Å²) in [5.41, 5.74) is 2.17. The van der Waals surface area contributed by atoms with Crippen LogP contribution in [-0.4, -0.2) is 38.4 Å². The van der Waals surface area contributed by atoms with Crippen molar-refractivity contribution < 1.29 is 23.8 Å². The Morgan fingerprint density at radius 2 is 1.03 bits per heavy atom. The average Bonchev–Trinajstić information content (AvgIpc) is 2.81. The third-order valence-electron chi connectivity index (χ3n) is 4.59. The van der Waals surface area contributed by atoms with Crippen LogP contribution in [-0.2, 0) is 23.8 Å². The van der Waals surface area contributed by atoms with Gasteiger partial charge >= 0.3 is 11.9 Å². The van der Waals surface area contributed by atoms with Crippen molar-refractivity contribution in [2.75, 3.05) is 26.4 Å². The zero-order valence-corrected chi connectivity index (χ0v) is 19.3. The van der Waals surface area contributed by atoms with E-state index in [1.165, 1.54) is 0 Å². The highest BCUT2D eigenvalue weighted by molar-refractivity contribution is 7.80. The molecule has 0 spiro atoms. The molecule has 0 amide bonds. The number of hydrogen-bond acceptors (Lipinski definition) is 7. The van der Waals surface area contributed by atoms with Crippen LogP contribution in [0.25, 0.3) is 0 Å². The van der Waals surface area contributed by atoms with E-state index in [1.807, 2.05) is 60.7 Å². The first-order valence-corrected chi connectivity index (χ1v) is 11.4. The summed E-state index contributed by atoms with van der Waals surface area (Å²) in [7, 11) is 0. The maximum absolute atomic E-state index is 11.8. The monoisotopic (exact) mass is 462 g/mol. The van der Waals surface area contributed by atoms with Gasteiger partial charge in [-0.15, -0.1) is 0 Å². The van der Waals surface area contributed by atoms with E-state index >= 15 is 0 Å². The van der Waals surface area contributed by atoms with E-state index in [-0.39, 0.29) is 48.9 Å². The van der Waals surface area contributed by atoms with Crippen LogP contribution >= 0.6 is 25.3 Å². The maximum Gasteiger partial charge on any atom is 0.305 e. The number of benzene rings is 2.